The zero-order chi connectivity index (χ0) is 16.8. The molecule has 4 heterocycles. The van der Waals surface area contributed by atoms with Gasteiger partial charge < -0.3 is 9.80 Å². The van der Waals surface area contributed by atoms with Crippen LogP contribution in [0.25, 0.3) is 0 Å². The number of fused-ring (bicyclic) bond motifs is 1. The second-order valence-corrected chi connectivity index (χ2v) is 7.24. The predicted molar refractivity (Wildman–Crippen MR) is 90.7 cm³/mol. The highest BCUT2D eigenvalue weighted by atomic mass is 79.9. The molecule has 0 aliphatic carbocycles. The van der Waals surface area contributed by atoms with Gasteiger partial charge in [-0.15, -0.1) is 0 Å². The highest BCUT2D eigenvalue weighted by Gasteiger charge is 2.41. The number of aromatic nitrogens is 4. The minimum atomic E-state index is -0.809. The number of hydrogen-bond acceptors (Lipinski definition) is 6. The lowest BCUT2D eigenvalue weighted by atomic mass is 10.0. The predicted octanol–water partition coefficient (Wildman–Crippen LogP) is 1.34. The molecule has 24 heavy (non-hydrogen) atoms. The van der Waals surface area contributed by atoms with E-state index in [0.717, 1.165) is 36.6 Å². The van der Waals surface area contributed by atoms with Gasteiger partial charge in [0.2, 0.25) is 17.7 Å². The van der Waals surface area contributed by atoms with Gasteiger partial charge in [-0.2, -0.15) is 4.39 Å². The number of aromatic amines is 1. The maximum Gasteiger partial charge on any atom is 0.288 e. The van der Waals surface area contributed by atoms with Crippen molar-refractivity contribution in [3.63, 3.8) is 0 Å². The van der Waals surface area contributed by atoms with Crippen molar-refractivity contribution in [1.82, 2.24) is 19.9 Å². The minimum Gasteiger partial charge on any atom is -0.342 e. The third kappa shape index (κ3) is 2.66. The molecule has 9 heteroatoms. The summed E-state index contributed by atoms with van der Waals surface area (Å²) >= 11 is 3.34. The molecule has 2 aromatic rings. The van der Waals surface area contributed by atoms with Gasteiger partial charge in [-0.1, -0.05) is 0 Å². The van der Waals surface area contributed by atoms with Crippen molar-refractivity contribution in [2.75, 3.05) is 36.0 Å². The quantitative estimate of drug-likeness (QED) is 0.827. The Kier molecular flexibility index (Phi) is 3.75. The van der Waals surface area contributed by atoms with E-state index in [2.05, 4.69) is 40.8 Å². The van der Waals surface area contributed by atoms with Crippen molar-refractivity contribution >= 4 is 27.8 Å². The lowest BCUT2D eigenvalue weighted by Gasteiger charge is -2.22. The lowest BCUT2D eigenvalue weighted by molar-refractivity contribution is 0.533. The van der Waals surface area contributed by atoms with E-state index in [9.17, 15) is 9.18 Å². The van der Waals surface area contributed by atoms with Crippen LogP contribution in [-0.4, -0.2) is 46.1 Å². The summed E-state index contributed by atoms with van der Waals surface area (Å²) in [6.45, 7) is 4.81. The number of halogens is 2. The smallest absolute Gasteiger partial charge is 0.288 e. The Morgan fingerprint density at radius 1 is 1.17 bits per heavy atom. The number of nitrogens with one attached hydrogen (secondary N) is 1. The molecule has 2 saturated heterocycles. The number of rotatable bonds is 2. The summed E-state index contributed by atoms with van der Waals surface area (Å²) in [5.74, 6) is 1.29. The maximum absolute atomic E-state index is 13.4. The van der Waals surface area contributed by atoms with E-state index >= 15 is 0 Å². The van der Waals surface area contributed by atoms with E-state index in [0.29, 0.717) is 17.8 Å². The molecule has 0 spiro atoms. The number of anilines is 2. The maximum atomic E-state index is 13.4. The summed E-state index contributed by atoms with van der Waals surface area (Å²) in [5, 5.41) is 0. The number of nitrogens with zero attached hydrogens (tertiary/aromatic N) is 5. The van der Waals surface area contributed by atoms with E-state index in [1.807, 2.05) is 4.90 Å². The first-order valence-corrected chi connectivity index (χ1v) is 8.54. The third-order valence-corrected chi connectivity index (χ3v) is 5.10. The molecule has 2 atom stereocenters. The van der Waals surface area contributed by atoms with Gasteiger partial charge in [0.25, 0.3) is 5.56 Å². The van der Waals surface area contributed by atoms with E-state index in [-0.39, 0.29) is 5.69 Å². The molecule has 2 aromatic heterocycles. The van der Waals surface area contributed by atoms with Gasteiger partial charge in [-0.3, -0.25) is 9.78 Å². The monoisotopic (exact) mass is 394 g/mol. The summed E-state index contributed by atoms with van der Waals surface area (Å²) in [4.78, 5) is 31.2. The first-order valence-electron chi connectivity index (χ1n) is 7.75. The summed E-state index contributed by atoms with van der Waals surface area (Å²) in [7, 11) is 0. The van der Waals surface area contributed by atoms with Crippen molar-refractivity contribution in [2.45, 2.75) is 6.92 Å². The standard InChI is InChI=1S/C15H16BrFN6O/c1-8-12(17)13(24)21-15(20-8)23-6-9-4-22(5-10(9)7-23)14-18-2-11(16)3-19-14/h2-3,9-10H,4-7H2,1H3,(H,20,21,24). The Labute approximate surface area is 146 Å². The van der Waals surface area contributed by atoms with E-state index in [4.69, 9.17) is 0 Å². The minimum absolute atomic E-state index is 0.135. The molecule has 7 nitrogen and oxygen atoms in total. The number of H-pyrrole nitrogens is 1. The molecule has 2 unspecified atom stereocenters. The fourth-order valence-corrected chi connectivity index (χ4v) is 3.71. The highest BCUT2D eigenvalue weighted by molar-refractivity contribution is 9.10. The average molecular weight is 395 g/mol. The van der Waals surface area contributed by atoms with Crippen LogP contribution in [-0.2, 0) is 0 Å². The summed E-state index contributed by atoms with van der Waals surface area (Å²) in [5.41, 5.74) is -0.574. The van der Waals surface area contributed by atoms with Crippen molar-refractivity contribution in [1.29, 1.82) is 0 Å². The van der Waals surface area contributed by atoms with Crippen LogP contribution in [0.3, 0.4) is 0 Å². The van der Waals surface area contributed by atoms with Crippen LogP contribution in [0.15, 0.2) is 21.7 Å². The molecule has 4 rings (SSSR count). The molecule has 2 aliphatic heterocycles. The Morgan fingerprint density at radius 2 is 1.75 bits per heavy atom. The fourth-order valence-electron chi connectivity index (χ4n) is 3.50. The molecule has 0 aromatic carbocycles. The van der Waals surface area contributed by atoms with Crippen molar-refractivity contribution in [3.8, 4) is 0 Å². The van der Waals surface area contributed by atoms with Crippen LogP contribution in [0.5, 0.6) is 0 Å². The van der Waals surface area contributed by atoms with Gasteiger partial charge in [0.1, 0.15) is 0 Å². The highest BCUT2D eigenvalue weighted by Crippen LogP contribution is 2.34. The normalized spacial score (nSPS) is 23.0. The molecular formula is C15H16BrFN6O. The molecule has 126 valence electrons. The lowest BCUT2D eigenvalue weighted by Crippen LogP contribution is -2.32. The van der Waals surface area contributed by atoms with Gasteiger partial charge in [0.05, 0.1) is 10.2 Å². The summed E-state index contributed by atoms with van der Waals surface area (Å²) in [6.07, 6.45) is 3.50. The van der Waals surface area contributed by atoms with Crippen LogP contribution >= 0.6 is 15.9 Å². The Hall–Kier alpha value is -2.03. The molecule has 0 amide bonds. The van der Waals surface area contributed by atoms with Crippen LogP contribution < -0.4 is 15.4 Å². The average Bonchev–Trinajstić information content (AvgIpc) is 3.11. The topological polar surface area (TPSA) is 78.0 Å². The Morgan fingerprint density at radius 3 is 2.33 bits per heavy atom. The number of hydrogen-bond donors (Lipinski definition) is 1. The van der Waals surface area contributed by atoms with Crippen LogP contribution in [0.1, 0.15) is 5.69 Å². The zero-order valence-corrected chi connectivity index (χ0v) is 14.6. The summed E-state index contributed by atoms with van der Waals surface area (Å²) < 4.78 is 14.3. The Balaban J connectivity index is 1.48. The molecule has 2 aliphatic rings. The first kappa shape index (κ1) is 15.5. The van der Waals surface area contributed by atoms with Crippen LogP contribution in [0, 0.1) is 24.6 Å². The van der Waals surface area contributed by atoms with Gasteiger partial charge in [-0.05, 0) is 22.9 Å². The third-order valence-electron chi connectivity index (χ3n) is 4.69. The Bertz CT molecular complexity index is 812. The largest absolute Gasteiger partial charge is 0.342 e. The first-order chi connectivity index (χ1) is 11.5. The van der Waals surface area contributed by atoms with E-state index < -0.39 is 11.4 Å². The van der Waals surface area contributed by atoms with Gasteiger partial charge >= 0.3 is 0 Å². The van der Waals surface area contributed by atoms with Gasteiger partial charge in [-0.25, -0.2) is 15.0 Å². The summed E-state index contributed by atoms with van der Waals surface area (Å²) in [6, 6.07) is 0. The van der Waals surface area contributed by atoms with Gasteiger partial charge in [0, 0.05) is 50.4 Å². The second kappa shape index (κ2) is 5.80. The molecular weight excluding hydrogens is 379 g/mol. The molecule has 2 fully saturated rings. The number of aryl methyl sites for hydroxylation is 1. The van der Waals surface area contributed by atoms with Crippen molar-refractivity contribution < 1.29 is 4.39 Å². The molecule has 0 saturated carbocycles. The zero-order valence-electron chi connectivity index (χ0n) is 13.0. The van der Waals surface area contributed by atoms with Crippen LogP contribution in [0.4, 0.5) is 16.3 Å². The van der Waals surface area contributed by atoms with Crippen molar-refractivity contribution in [2.24, 2.45) is 11.8 Å². The SMILES string of the molecule is Cc1nc(N2CC3CN(c4ncc(Br)cn4)CC3C2)[nH]c(=O)c1F. The van der Waals surface area contributed by atoms with Crippen LogP contribution in [0.2, 0.25) is 0 Å². The fraction of sp³-hybridized carbons (Fsp3) is 0.467. The molecule has 0 bridgehead atoms. The molecule has 1 N–H and O–H groups in total. The van der Waals surface area contributed by atoms with E-state index in [1.54, 1.807) is 12.4 Å². The second-order valence-electron chi connectivity index (χ2n) is 6.32. The van der Waals surface area contributed by atoms with Gasteiger partial charge in [0.15, 0.2) is 0 Å². The molecule has 0 radical (unpaired) electrons. The van der Waals surface area contributed by atoms with E-state index in [1.165, 1.54) is 6.92 Å². The van der Waals surface area contributed by atoms with Crippen molar-refractivity contribution in [3.05, 3.63) is 38.7 Å².